The standard InChI is InChI=1S/C27H28F3N5O/c1-19-5-6-21(14-25(19)32-17-20-4-3-9-31-16-20)26(36)33-23-8-7-22(24(15-23)27(28,29)30)18-35-12-10-34(2)11-13-35/h3-9,14-17H,10-13,18H2,1-2H3,(H,33,36). The lowest BCUT2D eigenvalue weighted by Gasteiger charge is -2.33. The van der Waals surface area contributed by atoms with Crippen LogP contribution in [0.2, 0.25) is 0 Å². The molecule has 2 heterocycles. The number of benzene rings is 2. The number of carbonyl (C=O) groups excluding carboxylic acids is 1. The van der Waals surface area contributed by atoms with Crippen molar-refractivity contribution in [2.24, 2.45) is 4.99 Å². The SMILES string of the molecule is Cc1ccc(C(=O)Nc2ccc(CN3CCN(C)CC3)c(C(F)(F)F)c2)cc1N=Cc1cccnc1. The number of rotatable bonds is 6. The monoisotopic (exact) mass is 495 g/mol. The van der Waals surface area contributed by atoms with E-state index in [-0.39, 0.29) is 17.8 Å². The van der Waals surface area contributed by atoms with E-state index in [1.807, 2.05) is 24.9 Å². The molecule has 4 rings (SSSR count). The molecule has 1 fully saturated rings. The zero-order valence-electron chi connectivity index (χ0n) is 20.2. The van der Waals surface area contributed by atoms with Gasteiger partial charge in [-0.15, -0.1) is 0 Å². The number of likely N-dealkylation sites (N-methyl/N-ethyl adjacent to an activating group) is 1. The molecule has 9 heteroatoms. The van der Waals surface area contributed by atoms with E-state index in [0.717, 1.165) is 30.3 Å². The van der Waals surface area contributed by atoms with Gasteiger partial charge in [0.05, 0.1) is 11.3 Å². The van der Waals surface area contributed by atoms with Gasteiger partial charge in [-0.05, 0) is 55.4 Å². The lowest BCUT2D eigenvalue weighted by atomic mass is 10.0. The van der Waals surface area contributed by atoms with Crippen LogP contribution in [0.1, 0.15) is 32.6 Å². The Morgan fingerprint density at radius 1 is 1.11 bits per heavy atom. The highest BCUT2D eigenvalue weighted by molar-refractivity contribution is 6.05. The van der Waals surface area contributed by atoms with Crippen LogP contribution in [-0.4, -0.2) is 60.1 Å². The number of aliphatic imine (C=N–C) groups is 1. The van der Waals surface area contributed by atoms with Crippen molar-refractivity contribution >= 4 is 23.5 Å². The molecule has 0 radical (unpaired) electrons. The minimum atomic E-state index is -4.53. The van der Waals surface area contributed by atoms with E-state index >= 15 is 0 Å². The van der Waals surface area contributed by atoms with Gasteiger partial charge in [0, 0.05) is 68.1 Å². The number of hydrogen-bond acceptors (Lipinski definition) is 5. The molecule has 2 aromatic carbocycles. The number of amides is 1. The number of carbonyl (C=O) groups is 1. The van der Waals surface area contributed by atoms with E-state index in [1.165, 1.54) is 12.1 Å². The van der Waals surface area contributed by atoms with E-state index in [1.54, 1.807) is 42.9 Å². The number of hydrogen-bond donors (Lipinski definition) is 1. The Morgan fingerprint density at radius 3 is 2.58 bits per heavy atom. The molecule has 36 heavy (non-hydrogen) atoms. The molecule has 1 aliphatic rings. The van der Waals surface area contributed by atoms with Gasteiger partial charge < -0.3 is 10.2 Å². The molecule has 0 bridgehead atoms. The van der Waals surface area contributed by atoms with Crippen molar-refractivity contribution in [3.05, 3.63) is 88.7 Å². The largest absolute Gasteiger partial charge is 0.416 e. The van der Waals surface area contributed by atoms with Crippen molar-refractivity contribution in [2.45, 2.75) is 19.6 Å². The number of halogens is 3. The molecule has 0 aliphatic carbocycles. The van der Waals surface area contributed by atoms with Crippen molar-refractivity contribution in [2.75, 3.05) is 38.5 Å². The van der Waals surface area contributed by atoms with Crippen LogP contribution in [0.25, 0.3) is 0 Å². The van der Waals surface area contributed by atoms with Crippen LogP contribution in [0.5, 0.6) is 0 Å². The lowest BCUT2D eigenvalue weighted by Crippen LogP contribution is -2.44. The molecule has 3 aromatic rings. The third-order valence-electron chi connectivity index (χ3n) is 6.17. The third kappa shape index (κ3) is 6.56. The van der Waals surface area contributed by atoms with Gasteiger partial charge in [0.1, 0.15) is 0 Å². The quantitative estimate of drug-likeness (QED) is 0.480. The first-order chi connectivity index (χ1) is 17.2. The zero-order chi connectivity index (χ0) is 25.7. The van der Waals surface area contributed by atoms with E-state index < -0.39 is 17.6 Å². The van der Waals surface area contributed by atoms with Crippen LogP contribution in [0.3, 0.4) is 0 Å². The van der Waals surface area contributed by atoms with Gasteiger partial charge in [0.25, 0.3) is 5.91 Å². The summed E-state index contributed by atoms with van der Waals surface area (Å²) in [4.78, 5) is 25.5. The molecule has 1 aromatic heterocycles. The predicted molar refractivity (Wildman–Crippen MR) is 135 cm³/mol. The van der Waals surface area contributed by atoms with Crippen molar-refractivity contribution in [3.8, 4) is 0 Å². The third-order valence-corrected chi connectivity index (χ3v) is 6.17. The fourth-order valence-corrected chi connectivity index (χ4v) is 3.99. The van der Waals surface area contributed by atoms with Crippen molar-refractivity contribution in [1.29, 1.82) is 0 Å². The molecule has 0 spiro atoms. The minimum absolute atomic E-state index is 0.0930. The van der Waals surface area contributed by atoms with Crippen LogP contribution in [0.15, 0.2) is 65.9 Å². The average Bonchev–Trinajstić information content (AvgIpc) is 2.85. The lowest BCUT2D eigenvalue weighted by molar-refractivity contribution is -0.138. The van der Waals surface area contributed by atoms with Gasteiger partial charge in [-0.3, -0.25) is 19.7 Å². The van der Waals surface area contributed by atoms with Crippen LogP contribution >= 0.6 is 0 Å². The molecule has 188 valence electrons. The highest BCUT2D eigenvalue weighted by atomic mass is 19.4. The fraction of sp³-hybridized carbons (Fsp3) is 0.296. The summed E-state index contributed by atoms with van der Waals surface area (Å²) in [7, 11) is 2.00. The Morgan fingerprint density at radius 2 is 1.89 bits per heavy atom. The van der Waals surface area contributed by atoms with Gasteiger partial charge in [0.2, 0.25) is 0 Å². The molecule has 1 aliphatic heterocycles. The maximum atomic E-state index is 13.9. The van der Waals surface area contributed by atoms with Gasteiger partial charge >= 0.3 is 6.18 Å². The Kier molecular flexibility index (Phi) is 7.81. The maximum absolute atomic E-state index is 13.9. The predicted octanol–water partition coefficient (Wildman–Crippen LogP) is 5.16. The van der Waals surface area contributed by atoms with Crippen LogP contribution in [0, 0.1) is 6.92 Å². The molecule has 1 saturated heterocycles. The second-order valence-electron chi connectivity index (χ2n) is 8.95. The Balaban J connectivity index is 1.51. The number of nitrogens with zero attached hydrogens (tertiary/aromatic N) is 4. The topological polar surface area (TPSA) is 60.8 Å². The summed E-state index contributed by atoms with van der Waals surface area (Å²) in [6.07, 6.45) is 0.449. The van der Waals surface area contributed by atoms with Gasteiger partial charge in [-0.1, -0.05) is 18.2 Å². The molecule has 6 nitrogen and oxygen atoms in total. The second-order valence-corrected chi connectivity index (χ2v) is 8.95. The number of aromatic nitrogens is 1. The number of piperazine rings is 1. The van der Waals surface area contributed by atoms with E-state index in [9.17, 15) is 18.0 Å². The van der Waals surface area contributed by atoms with Crippen molar-refractivity contribution in [3.63, 3.8) is 0 Å². The molecule has 0 atom stereocenters. The molecule has 0 saturated carbocycles. The Bertz CT molecular complexity index is 1240. The zero-order valence-corrected chi connectivity index (χ0v) is 20.2. The Labute approximate surface area is 208 Å². The van der Waals surface area contributed by atoms with Gasteiger partial charge in [-0.25, -0.2) is 0 Å². The van der Waals surface area contributed by atoms with Crippen LogP contribution in [0.4, 0.5) is 24.5 Å². The molecular formula is C27H28F3N5O. The summed E-state index contributed by atoms with van der Waals surface area (Å²) in [6.45, 7) is 5.15. The number of pyridine rings is 1. The van der Waals surface area contributed by atoms with Crippen molar-refractivity contribution in [1.82, 2.24) is 14.8 Å². The summed E-state index contributed by atoms with van der Waals surface area (Å²) in [5, 5.41) is 2.61. The number of nitrogens with one attached hydrogen (secondary N) is 1. The van der Waals surface area contributed by atoms with Crippen LogP contribution < -0.4 is 5.32 Å². The molecule has 1 N–H and O–H groups in total. The number of alkyl halides is 3. The fourth-order valence-electron chi connectivity index (χ4n) is 3.99. The van der Waals surface area contributed by atoms with E-state index in [4.69, 9.17) is 0 Å². The van der Waals surface area contributed by atoms with E-state index in [0.29, 0.717) is 24.3 Å². The highest BCUT2D eigenvalue weighted by Gasteiger charge is 2.34. The van der Waals surface area contributed by atoms with Crippen molar-refractivity contribution < 1.29 is 18.0 Å². The molecular weight excluding hydrogens is 467 g/mol. The maximum Gasteiger partial charge on any atom is 0.416 e. The summed E-state index contributed by atoms with van der Waals surface area (Å²) in [5.41, 5.74) is 2.12. The summed E-state index contributed by atoms with van der Waals surface area (Å²) >= 11 is 0. The van der Waals surface area contributed by atoms with Gasteiger partial charge in [-0.2, -0.15) is 13.2 Å². The average molecular weight is 496 g/mol. The first kappa shape index (κ1) is 25.5. The number of aryl methyl sites for hydroxylation is 1. The van der Waals surface area contributed by atoms with Crippen LogP contribution in [-0.2, 0) is 12.7 Å². The summed E-state index contributed by atoms with van der Waals surface area (Å²) in [5.74, 6) is -0.507. The minimum Gasteiger partial charge on any atom is -0.322 e. The van der Waals surface area contributed by atoms with Gasteiger partial charge in [0.15, 0.2) is 0 Å². The van der Waals surface area contributed by atoms with E-state index in [2.05, 4.69) is 20.2 Å². The second kappa shape index (κ2) is 11.0. The first-order valence-corrected chi connectivity index (χ1v) is 11.7. The molecule has 0 unspecified atom stereocenters. The number of anilines is 1. The normalized spacial score (nSPS) is 15.4. The Hall–Kier alpha value is -3.56. The smallest absolute Gasteiger partial charge is 0.322 e. The first-order valence-electron chi connectivity index (χ1n) is 11.7. The summed E-state index contributed by atoms with van der Waals surface area (Å²) < 4.78 is 41.6. The highest BCUT2D eigenvalue weighted by Crippen LogP contribution is 2.35. The summed E-state index contributed by atoms with van der Waals surface area (Å²) in [6, 6.07) is 12.6. The molecule has 1 amide bonds.